The maximum absolute atomic E-state index is 12.0. The summed E-state index contributed by atoms with van der Waals surface area (Å²) in [4.78, 5) is 12.0. The number of alkyl carbamates (subject to hydrolysis) is 1. The molecule has 130 valence electrons. The van der Waals surface area contributed by atoms with E-state index in [4.69, 9.17) is 4.74 Å². The molecule has 1 atom stereocenters. The van der Waals surface area contributed by atoms with Crippen LogP contribution in [0.25, 0.3) is 0 Å². The molecule has 0 aliphatic heterocycles. The molecule has 0 saturated heterocycles. The Morgan fingerprint density at radius 3 is 2.22 bits per heavy atom. The van der Waals surface area contributed by atoms with Gasteiger partial charge in [0.2, 0.25) is 0 Å². The Labute approximate surface area is 141 Å². The minimum atomic E-state index is -0.475. The summed E-state index contributed by atoms with van der Waals surface area (Å²) in [5, 5.41) is 6.43. The van der Waals surface area contributed by atoms with E-state index in [9.17, 15) is 4.79 Å². The molecule has 4 nitrogen and oxygen atoms in total. The molecule has 0 spiro atoms. The van der Waals surface area contributed by atoms with Gasteiger partial charge in [-0.15, -0.1) is 0 Å². The van der Waals surface area contributed by atoms with Crippen LogP contribution in [0.3, 0.4) is 0 Å². The zero-order valence-corrected chi connectivity index (χ0v) is 15.6. The van der Waals surface area contributed by atoms with Crippen LogP contribution >= 0.6 is 0 Å². The Kier molecular flexibility index (Phi) is 7.07. The third-order valence-corrected chi connectivity index (χ3v) is 3.82. The quantitative estimate of drug-likeness (QED) is 0.834. The van der Waals surface area contributed by atoms with E-state index in [1.165, 1.54) is 16.7 Å². The van der Waals surface area contributed by atoms with E-state index in [1.54, 1.807) is 0 Å². The average molecular weight is 320 g/mol. The summed E-state index contributed by atoms with van der Waals surface area (Å²) < 4.78 is 5.34. The first-order chi connectivity index (χ1) is 10.6. The molecule has 0 aromatic heterocycles. The van der Waals surface area contributed by atoms with Crippen LogP contribution < -0.4 is 10.6 Å². The number of amides is 1. The number of carbonyl (C=O) groups is 1. The minimum absolute atomic E-state index is 0.0363. The first-order valence-electron chi connectivity index (χ1n) is 8.35. The molecular weight excluding hydrogens is 288 g/mol. The zero-order chi connectivity index (χ0) is 17.6. The van der Waals surface area contributed by atoms with Crippen molar-refractivity contribution < 1.29 is 9.53 Å². The predicted octanol–water partition coefficient (Wildman–Crippen LogP) is 3.94. The molecule has 0 bridgehead atoms. The summed E-state index contributed by atoms with van der Waals surface area (Å²) in [6, 6.07) is 6.37. The van der Waals surface area contributed by atoms with Gasteiger partial charge < -0.3 is 15.4 Å². The first-order valence-corrected chi connectivity index (χ1v) is 8.35. The summed E-state index contributed by atoms with van der Waals surface area (Å²) in [5.41, 5.74) is 3.43. The molecule has 4 heteroatoms. The van der Waals surface area contributed by atoms with E-state index in [2.05, 4.69) is 56.5 Å². The molecule has 0 radical (unpaired) electrons. The molecule has 0 heterocycles. The fourth-order valence-electron chi connectivity index (χ4n) is 2.39. The Morgan fingerprint density at radius 1 is 1.17 bits per heavy atom. The van der Waals surface area contributed by atoms with Gasteiger partial charge in [0.25, 0.3) is 0 Å². The van der Waals surface area contributed by atoms with Crippen molar-refractivity contribution in [2.24, 2.45) is 5.92 Å². The van der Waals surface area contributed by atoms with Crippen LogP contribution in [0, 0.1) is 19.8 Å². The van der Waals surface area contributed by atoms with Crippen LogP contribution in [0.15, 0.2) is 18.2 Å². The molecule has 1 rings (SSSR count). The summed E-state index contributed by atoms with van der Waals surface area (Å²) in [6.07, 6.45) is -0.356. The largest absolute Gasteiger partial charge is 0.444 e. The van der Waals surface area contributed by atoms with Gasteiger partial charge in [0.1, 0.15) is 5.60 Å². The highest BCUT2D eigenvalue weighted by atomic mass is 16.6. The smallest absolute Gasteiger partial charge is 0.407 e. The van der Waals surface area contributed by atoms with Crippen LogP contribution in [-0.4, -0.2) is 24.3 Å². The fourth-order valence-corrected chi connectivity index (χ4v) is 2.39. The Balaban J connectivity index is 2.56. The highest BCUT2D eigenvalue weighted by Crippen LogP contribution is 2.13. The van der Waals surface area contributed by atoms with E-state index in [-0.39, 0.29) is 12.1 Å². The number of rotatable bonds is 6. The van der Waals surface area contributed by atoms with Gasteiger partial charge in [-0.25, -0.2) is 4.79 Å². The van der Waals surface area contributed by atoms with Gasteiger partial charge in [0, 0.05) is 19.1 Å². The lowest BCUT2D eigenvalue weighted by Crippen LogP contribution is -2.47. The number of carbonyl (C=O) groups excluding carboxylic acids is 1. The maximum Gasteiger partial charge on any atom is 0.407 e. The molecule has 1 aromatic rings. The van der Waals surface area contributed by atoms with E-state index < -0.39 is 5.60 Å². The SMILES string of the molecule is Cc1cccc(C)c1CNCC(NC(=O)OC(C)(C)C)C(C)C. The lowest BCUT2D eigenvalue weighted by atomic mass is 10.0. The second-order valence-corrected chi connectivity index (χ2v) is 7.50. The van der Waals surface area contributed by atoms with Crippen LogP contribution in [0.4, 0.5) is 4.79 Å². The lowest BCUT2D eigenvalue weighted by molar-refractivity contribution is 0.0490. The van der Waals surface area contributed by atoms with Gasteiger partial charge in [0.15, 0.2) is 0 Å². The molecular formula is C19H32N2O2. The molecule has 2 N–H and O–H groups in total. The van der Waals surface area contributed by atoms with Crippen molar-refractivity contribution in [2.45, 2.75) is 66.7 Å². The van der Waals surface area contributed by atoms with Gasteiger partial charge >= 0.3 is 6.09 Å². The third kappa shape index (κ3) is 7.04. The first kappa shape index (κ1) is 19.5. The molecule has 0 aliphatic rings. The Hall–Kier alpha value is -1.55. The highest BCUT2D eigenvalue weighted by Gasteiger charge is 2.21. The maximum atomic E-state index is 12.0. The van der Waals surface area contributed by atoms with Gasteiger partial charge in [-0.2, -0.15) is 0 Å². The predicted molar refractivity (Wildman–Crippen MR) is 95.6 cm³/mol. The molecule has 1 unspecified atom stereocenters. The average Bonchev–Trinajstić information content (AvgIpc) is 2.38. The zero-order valence-electron chi connectivity index (χ0n) is 15.6. The molecule has 1 aromatic carbocycles. The van der Waals surface area contributed by atoms with Crippen LogP contribution in [0.5, 0.6) is 0 Å². The van der Waals surface area contributed by atoms with E-state index in [0.29, 0.717) is 12.5 Å². The van der Waals surface area contributed by atoms with Crippen LogP contribution in [0.1, 0.15) is 51.3 Å². The summed E-state index contributed by atoms with van der Waals surface area (Å²) in [6.45, 7) is 15.6. The summed E-state index contributed by atoms with van der Waals surface area (Å²) >= 11 is 0. The molecule has 0 aliphatic carbocycles. The minimum Gasteiger partial charge on any atom is -0.444 e. The molecule has 0 saturated carbocycles. The number of hydrogen-bond acceptors (Lipinski definition) is 3. The number of benzene rings is 1. The molecule has 1 amide bonds. The van der Waals surface area contributed by atoms with Gasteiger partial charge in [0.05, 0.1) is 0 Å². The number of ether oxygens (including phenoxy) is 1. The summed E-state index contributed by atoms with van der Waals surface area (Å²) in [7, 11) is 0. The lowest BCUT2D eigenvalue weighted by Gasteiger charge is -2.26. The second kappa shape index (κ2) is 8.34. The van der Waals surface area contributed by atoms with Crippen molar-refractivity contribution >= 4 is 6.09 Å². The third-order valence-electron chi connectivity index (χ3n) is 3.82. The second-order valence-electron chi connectivity index (χ2n) is 7.50. The normalized spacial score (nSPS) is 13.0. The number of hydrogen-bond donors (Lipinski definition) is 2. The van der Waals surface area contributed by atoms with E-state index in [0.717, 1.165) is 6.54 Å². The summed E-state index contributed by atoms with van der Waals surface area (Å²) in [5.74, 6) is 0.327. The van der Waals surface area contributed by atoms with Crippen LogP contribution in [0.2, 0.25) is 0 Å². The monoisotopic (exact) mass is 320 g/mol. The van der Waals surface area contributed by atoms with E-state index >= 15 is 0 Å². The van der Waals surface area contributed by atoms with Crippen LogP contribution in [-0.2, 0) is 11.3 Å². The Morgan fingerprint density at radius 2 is 1.74 bits per heavy atom. The topological polar surface area (TPSA) is 50.4 Å². The number of aryl methyl sites for hydroxylation is 2. The standard InChI is InChI=1S/C19H32N2O2/c1-13(2)17(21-18(22)23-19(5,6)7)12-20-11-16-14(3)9-8-10-15(16)4/h8-10,13,17,20H,11-12H2,1-7H3,(H,21,22). The van der Waals surface area contributed by atoms with Gasteiger partial charge in [-0.3, -0.25) is 0 Å². The van der Waals surface area contributed by atoms with Crippen molar-refractivity contribution in [1.82, 2.24) is 10.6 Å². The molecule has 23 heavy (non-hydrogen) atoms. The van der Waals surface area contributed by atoms with Crippen molar-refractivity contribution in [3.8, 4) is 0 Å². The Bertz CT molecular complexity index is 498. The van der Waals surface area contributed by atoms with Gasteiger partial charge in [-0.1, -0.05) is 32.0 Å². The van der Waals surface area contributed by atoms with Crippen molar-refractivity contribution in [3.63, 3.8) is 0 Å². The van der Waals surface area contributed by atoms with Crippen molar-refractivity contribution in [3.05, 3.63) is 34.9 Å². The highest BCUT2D eigenvalue weighted by molar-refractivity contribution is 5.68. The van der Waals surface area contributed by atoms with Crippen molar-refractivity contribution in [1.29, 1.82) is 0 Å². The molecule has 0 fully saturated rings. The van der Waals surface area contributed by atoms with Gasteiger partial charge in [-0.05, 0) is 57.2 Å². The fraction of sp³-hybridized carbons (Fsp3) is 0.632. The number of nitrogens with one attached hydrogen (secondary N) is 2. The van der Waals surface area contributed by atoms with Crippen molar-refractivity contribution in [2.75, 3.05) is 6.54 Å². The van der Waals surface area contributed by atoms with E-state index in [1.807, 2.05) is 20.8 Å².